The summed E-state index contributed by atoms with van der Waals surface area (Å²) < 4.78 is 0. The van der Waals surface area contributed by atoms with E-state index in [-0.39, 0.29) is 24.0 Å². The van der Waals surface area contributed by atoms with Crippen LogP contribution in [0.25, 0.3) is 0 Å². The summed E-state index contributed by atoms with van der Waals surface area (Å²) in [5.41, 5.74) is 0. The second-order valence-corrected chi connectivity index (χ2v) is 4.42. The molecule has 0 aromatic heterocycles. The van der Waals surface area contributed by atoms with E-state index in [0.29, 0.717) is 0 Å². The predicted octanol–water partition coefficient (Wildman–Crippen LogP) is 1.83. The van der Waals surface area contributed by atoms with E-state index in [4.69, 9.17) is 0 Å². The molecule has 1 heterocycles. The molecule has 1 rings (SSSR count). The fraction of sp³-hybridized carbons (Fsp3) is 0.769. The van der Waals surface area contributed by atoms with Crippen LogP contribution in [0.1, 0.15) is 25.7 Å². The molecule has 0 spiro atoms. The Kier molecular flexibility index (Phi) is 11.6. The van der Waals surface area contributed by atoms with Crippen molar-refractivity contribution >= 4 is 29.9 Å². The summed E-state index contributed by atoms with van der Waals surface area (Å²) in [4.78, 5) is 6.70. The maximum atomic E-state index is 4.15. The lowest BCUT2D eigenvalue weighted by molar-refractivity contribution is 0.289. The van der Waals surface area contributed by atoms with Gasteiger partial charge < -0.3 is 15.5 Å². The molecule has 0 aromatic carbocycles. The highest BCUT2D eigenvalue weighted by molar-refractivity contribution is 14.0. The first kappa shape index (κ1) is 17.7. The zero-order valence-corrected chi connectivity index (χ0v) is 13.8. The topological polar surface area (TPSA) is 39.7 Å². The van der Waals surface area contributed by atoms with Gasteiger partial charge >= 0.3 is 0 Å². The summed E-state index contributed by atoms with van der Waals surface area (Å²) in [7, 11) is 1.80. The standard InChI is InChI=1S/C13H26N4.HI/c1-3-8-15-13(14-2)16-9-12-17-10-6-4-5-7-11-17;/h3H,1,4-12H2,2H3,(H2,14,15,16);1H. The number of aliphatic imine (C=N–C) groups is 1. The highest BCUT2D eigenvalue weighted by Gasteiger charge is 2.08. The Hall–Kier alpha value is -0.300. The lowest BCUT2D eigenvalue weighted by Crippen LogP contribution is -2.41. The minimum absolute atomic E-state index is 0. The Morgan fingerprint density at radius 3 is 2.44 bits per heavy atom. The molecule has 1 saturated heterocycles. The van der Waals surface area contributed by atoms with Gasteiger partial charge in [0.05, 0.1) is 0 Å². The fourth-order valence-corrected chi connectivity index (χ4v) is 2.08. The van der Waals surface area contributed by atoms with Gasteiger partial charge in [0.1, 0.15) is 0 Å². The van der Waals surface area contributed by atoms with Crippen LogP contribution in [0.3, 0.4) is 0 Å². The van der Waals surface area contributed by atoms with Crippen LogP contribution in [0.5, 0.6) is 0 Å². The molecule has 0 unspecified atom stereocenters. The number of hydrogen-bond donors (Lipinski definition) is 2. The van der Waals surface area contributed by atoms with Crippen LogP contribution in [0.2, 0.25) is 0 Å². The van der Waals surface area contributed by atoms with Gasteiger partial charge in [0.15, 0.2) is 5.96 Å². The second-order valence-electron chi connectivity index (χ2n) is 4.42. The molecule has 2 N–H and O–H groups in total. The van der Waals surface area contributed by atoms with Crippen LogP contribution in [0.15, 0.2) is 17.6 Å². The Morgan fingerprint density at radius 2 is 1.89 bits per heavy atom. The van der Waals surface area contributed by atoms with Crippen LogP contribution in [-0.2, 0) is 0 Å². The van der Waals surface area contributed by atoms with Gasteiger partial charge in [0.25, 0.3) is 0 Å². The van der Waals surface area contributed by atoms with Crippen molar-refractivity contribution in [2.45, 2.75) is 25.7 Å². The van der Waals surface area contributed by atoms with Gasteiger partial charge in [-0.05, 0) is 25.9 Å². The van der Waals surface area contributed by atoms with E-state index in [2.05, 4.69) is 27.1 Å². The molecule has 0 radical (unpaired) electrons. The summed E-state index contributed by atoms with van der Waals surface area (Å²) in [5, 5.41) is 6.49. The molecule has 0 aromatic rings. The van der Waals surface area contributed by atoms with Crippen molar-refractivity contribution < 1.29 is 0 Å². The number of halogens is 1. The van der Waals surface area contributed by atoms with Gasteiger partial charge in [-0.15, -0.1) is 30.6 Å². The molecule has 0 bridgehead atoms. The van der Waals surface area contributed by atoms with Gasteiger partial charge in [-0.2, -0.15) is 0 Å². The molecule has 0 aliphatic carbocycles. The molecule has 0 saturated carbocycles. The van der Waals surface area contributed by atoms with Crippen molar-refractivity contribution in [3.63, 3.8) is 0 Å². The number of nitrogens with one attached hydrogen (secondary N) is 2. The maximum Gasteiger partial charge on any atom is 0.191 e. The highest BCUT2D eigenvalue weighted by atomic mass is 127. The lowest BCUT2D eigenvalue weighted by atomic mass is 10.2. The molecule has 5 heteroatoms. The molecule has 1 fully saturated rings. The third-order valence-electron chi connectivity index (χ3n) is 3.06. The third kappa shape index (κ3) is 7.92. The van der Waals surface area contributed by atoms with Crippen molar-refractivity contribution in [1.29, 1.82) is 0 Å². The molecule has 1 aliphatic heterocycles. The zero-order valence-electron chi connectivity index (χ0n) is 11.5. The Balaban J connectivity index is 0.00000289. The summed E-state index contributed by atoms with van der Waals surface area (Å²) >= 11 is 0. The van der Waals surface area contributed by atoms with Gasteiger partial charge in [0.2, 0.25) is 0 Å². The van der Waals surface area contributed by atoms with Crippen molar-refractivity contribution in [3.05, 3.63) is 12.7 Å². The Morgan fingerprint density at radius 1 is 1.22 bits per heavy atom. The van der Waals surface area contributed by atoms with Crippen LogP contribution >= 0.6 is 24.0 Å². The van der Waals surface area contributed by atoms with Gasteiger partial charge in [-0.3, -0.25) is 4.99 Å². The minimum Gasteiger partial charge on any atom is -0.355 e. The smallest absolute Gasteiger partial charge is 0.191 e. The number of guanidine groups is 1. The van der Waals surface area contributed by atoms with Crippen LogP contribution in [0, 0.1) is 0 Å². The molecule has 4 nitrogen and oxygen atoms in total. The zero-order chi connectivity index (χ0) is 12.3. The number of likely N-dealkylation sites (tertiary alicyclic amines) is 1. The normalized spacial score (nSPS) is 17.5. The predicted molar refractivity (Wildman–Crippen MR) is 89.9 cm³/mol. The first-order valence-corrected chi connectivity index (χ1v) is 6.64. The van der Waals surface area contributed by atoms with E-state index < -0.39 is 0 Å². The number of nitrogens with zero attached hydrogens (tertiary/aromatic N) is 2. The minimum atomic E-state index is 0. The van der Waals surface area contributed by atoms with E-state index >= 15 is 0 Å². The van der Waals surface area contributed by atoms with Crippen LogP contribution in [0.4, 0.5) is 0 Å². The van der Waals surface area contributed by atoms with E-state index in [9.17, 15) is 0 Å². The summed E-state index contributed by atoms with van der Waals surface area (Å²) in [6.45, 7) is 8.99. The van der Waals surface area contributed by atoms with Crippen molar-refractivity contribution in [2.75, 3.05) is 39.8 Å². The fourth-order valence-electron chi connectivity index (χ4n) is 2.08. The number of rotatable bonds is 5. The molecule has 18 heavy (non-hydrogen) atoms. The first-order chi connectivity index (χ1) is 8.36. The van der Waals surface area contributed by atoms with E-state index in [1.54, 1.807) is 7.05 Å². The SMILES string of the molecule is C=CCNC(=NC)NCCN1CCCCCC1.I. The molecule has 0 atom stereocenters. The van der Waals surface area contributed by atoms with E-state index in [0.717, 1.165) is 25.6 Å². The quantitative estimate of drug-likeness (QED) is 0.338. The van der Waals surface area contributed by atoms with Crippen LogP contribution in [-0.4, -0.2) is 50.6 Å². The summed E-state index contributed by atoms with van der Waals surface area (Å²) in [6, 6.07) is 0. The summed E-state index contributed by atoms with van der Waals surface area (Å²) in [6.07, 6.45) is 7.33. The third-order valence-corrected chi connectivity index (χ3v) is 3.06. The second kappa shape index (κ2) is 11.8. The van der Waals surface area contributed by atoms with Crippen molar-refractivity contribution in [1.82, 2.24) is 15.5 Å². The first-order valence-electron chi connectivity index (χ1n) is 6.64. The van der Waals surface area contributed by atoms with E-state index in [1.165, 1.54) is 38.8 Å². The van der Waals surface area contributed by atoms with Crippen molar-refractivity contribution in [3.8, 4) is 0 Å². The lowest BCUT2D eigenvalue weighted by Gasteiger charge is -2.20. The molecule has 0 amide bonds. The molecule has 1 aliphatic rings. The average molecular weight is 366 g/mol. The van der Waals surface area contributed by atoms with Gasteiger partial charge in [0, 0.05) is 26.7 Å². The molecular formula is C13H27IN4. The average Bonchev–Trinajstić information content (AvgIpc) is 2.62. The van der Waals surface area contributed by atoms with Crippen molar-refractivity contribution in [2.24, 2.45) is 4.99 Å². The maximum absolute atomic E-state index is 4.15. The largest absolute Gasteiger partial charge is 0.355 e. The van der Waals surface area contributed by atoms with E-state index in [1.807, 2.05) is 6.08 Å². The highest BCUT2D eigenvalue weighted by Crippen LogP contribution is 2.08. The van der Waals surface area contributed by atoms with Crippen LogP contribution < -0.4 is 10.6 Å². The molecular weight excluding hydrogens is 339 g/mol. The van der Waals surface area contributed by atoms with Gasteiger partial charge in [-0.1, -0.05) is 18.9 Å². The Labute approximate surface area is 128 Å². The number of hydrogen-bond acceptors (Lipinski definition) is 2. The molecule has 106 valence electrons. The monoisotopic (exact) mass is 366 g/mol. The summed E-state index contributed by atoms with van der Waals surface area (Å²) in [5.74, 6) is 0.861. The Bertz CT molecular complexity index is 235. The van der Waals surface area contributed by atoms with Gasteiger partial charge in [-0.25, -0.2) is 0 Å².